The van der Waals surface area contributed by atoms with Crippen molar-refractivity contribution in [1.29, 1.82) is 0 Å². The largest absolute Gasteiger partial charge is 0.356 e. The van der Waals surface area contributed by atoms with Crippen molar-refractivity contribution in [2.24, 2.45) is 5.73 Å². The molecule has 0 unspecified atom stereocenters. The van der Waals surface area contributed by atoms with E-state index in [2.05, 4.69) is 4.98 Å². The number of nitrogens with two attached hydrogens (primary N) is 1. The van der Waals surface area contributed by atoms with E-state index in [0.29, 0.717) is 11.3 Å². The lowest BCUT2D eigenvalue weighted by atomic mass is 10.2. The van der Waals surface area contributed by atoms with E-state index >= 15 is 0 Å². The number of hydrogen-bond acceptors (Lipinski definition) is 2. The van der Waals surface area contributed by atoms with Gasteiger partial charge in [-0.05, 0) is 6.92 Å². The lowest BCUT2D eigenvalue weighted by Gasteiger charge is -2.05. The van der Waals surface area contributed by atoms with E-state index in [1.54, 1.807) is 6.92 Å². The second-order valence-corrected chi connectivity index (χ2v) is 2.70. The Bertz CT molecular complexity index is 360. The minimum atomic E-state index is -2.67. The van der Waals surface area contributed by atoms with Crippen molar-refractivity contribution in [2.45, 2.75) is 19.9 Å². The lowest BCUT2D eigenvalue weighted by molar-refractivity contribution is 0.145. The van der Waals surface area contributed by atoms with Crippen LogP contribution in [-0.4, -0.2) is 4.98 Å². The van der Waals surface area contributed by atoms with E-state index in [0.717, 1.165) is 6.07 Å². The van der Waals surface area contributed by atoms with E-state index in [4.69, 9.17) is 5.73 Å². The third-order valence-corrected chi connectivity index (χ3v) is 1.84. The molecule has 1 heterocycles. The Morgan fingerprint density at radius 3 is 2.69 bits per heavy atom. The molecule has 0 saturated heterocycles. The van der Waals surface area contributed by atoms with Crippen LogP contribution in [0, 0.1) is 6.92 Å². The molecule has 0 amide bonds. The van der Waals surface area contributed by atoms with Crippen LogP contribution in [-0.2, 0) is 6.54 Å². The third-order valence-electron chi connectivity index (χ3n) is 1.84. The van der Waals surface area contributed by atoms with Crippen LogP contribution in [0.1, 0.15) is 23.4 Å². The molecule has 5 heteroatoms. The van der Waals surface area contributed by atoms with Gasteiger partial charge in [-0.3, -0.25) is 4.79 Å². The topological polar surface area (TPSA) is 58.9 Å². The van der Waals surface area contributed by atoms with Crippen molar-refractivity contribution in [1.82, 2.24) is 4.98 Å². The monoisotopic (exact) mass is 188 g/mol. The number of pyridine rings is 1. The van der Waals surface area contributed by atoms with Gasteiger partial charge in [0.05, 0.1) is 5.69 Å². The molecule has 1 rings (SSSR count). The summed E-state index contributed by atoms with van der Waals surface area (Å²) in [6.07, 6.45) is -2.67. The third kappa shape index (κ3) is 1.92. The highest BCUT2D eigenvalue weighted by Gasteiger charge is 2.11. The zero-order valence-corrected chi connectivity index (χ0v) is 7.10. The summed E-state index contributed by atoms with van der Waals surface area (Å²) in [6.45, 7) is 1.61. The number of rotatable bonds is 2. The van der Waals surface area contributed by atoms with E-state index in [9.17, 15) is 13.6 Å². The van der Waals surface area contributed by atoms with Gasteiger partial charge in [0.15, 0.2) is 5.43 Å². The molecule has 0 aliphatic heterocycles. The summed E-state index contributed by atoms with van der Waals surface area (Å²) in [7, 11) is 0. The van der Waals surface area contributed by atoms with Gasteiger partial charge in [0, 0.05) is 23.9 Å². The predicted molar refractivity (Wildman–Crippen MR) is 44.6 cm³/mol. The molecule has 1 aromatic heterocycles. The van der Waals surface area contributed by atoms with Gasteiger partial charge in [-0.1, -0.05) is 0 Å². The van der Waals surface area contributed by atoms with Crippen molar-refractivity contribution in [3.05, 3.63) is 33.2 Å². The van der Waals surface area contributed by atoms with Crippen molar-refractivity contribution in [3.8, 4) is 0 Å². The molecule has 0 radical (unpaired) electrons. The molecular formula is C8H10F2N2O. The van der Waals surface area contributed by atoms with Crippen LogP contribution < -0.4 is 11.2 Å². The first-order valence-electron chi connectivity index (χ1n) is 3.77. The van der Waals surface area contributed by atoms with Crippen LogP contribution in [0.2, 0.25) is 0 Å². The maximum Gasteiger partial charge on any atom is 0.278 e. The first-order valence-corrected chi connectivity index (χ1v) is 3.77. The Morgan fingerprint density at radius 2 is 2.23 bits per heavy atom. The molecule has 0 aliphatic rings. The van der Waals surface area contributed by atoms with Crippen LogP contribution in [0.15, 0.2) is 10.9 Å². The Kier molecular flexibility index (Phi) is 2.77. The maximum atomic E-state index is 12.2. The van der Waals surface area contributed by atoms with Gasteiger partial charge in [-0.25, -0.2) is 8.78 Å². The highest BCUT2D eigenvalue weighted by Crippen LogP contribution is 2.15. The second-order valence-electron chi connectivity index (χ2n) is 2.70. The quantitative estimate of drug-likeness (QED) is 0.729. The van der Waals surface area contributed by atoms with Gasteiger partial charge in [-0.15, -0.1) is 0 Å². The maximum absolute atomic E-state index is 12.2. The molecule has 72 valence electrons. The van der Waals surface area contributed by atoms with Crippen molar-refractivity contribution < 1.29 is 8.78 Å². The molecule has 0 bridgehead atoms. The normalized spacial score (nSPS) is 10.8. The highest BCUT2D eigenvalue weighted by molar-refractivity contribution is 5.22. The van der Waals surface area contributed by atoms with Crippen LogP contribution in [0.5, 0.6) is 0 Å². The Morgan fingerprint density at radius 1 is 1.62 bits per heavy atom. The molecule has 0 saturated carbocycles. The van der Waals surface area contributed by atoms with Crippen LogP contribution >= 0.6 is 0 Å². The van der Waals surface area contributed by atoms with Gasteiger partial charge in [-0.2, -0.15) is 0 Å². The number of halogens is 2. The fraction of sp³-hybridized carbons (Fsp3) is 0.375. The van der Waals surface area contributed by atoms with Gasteiger partial charge in [0.2, 0.25) is 0 Å². The standard InChI is InChI=1S/C8H10F2N2O/c1-4-6(3-11)12-5(8(9)10)2-7(4)13/h2,8H,3,11H2,1H3,(H,12,13). The molecule has 0 atom stereocenters. The molecular weight excluding hydrogens is 178 g/mol. The molecule has 0 fully saturated rings. The van der Waals surface area contributed by atoms with Crippen molar-refractivity contribution in [3.63, 3.8) is 0 Å². The van der Waals surface area contributed by atoms with E-state index in [-0.39, 0.29) is 12.2 Å². The number of aromatic nitrogens is 1. The first-order chi connectivity index (χ1) is 6.06. The molecule has 3 nitrogen and oxygen atoms in total. The Labute approximate surface area is 73.6 Å². The van der Waals surface area contributed by atoms with Crippen molar-refractivity contribution in [2.75, 3.05) is 0 Å². The summed E-state index contributed by atoms with van der Waals surface area (Å²) < 4.78 is 24.4. The fourth-order valence-corrected chi connectivity index (χ4v) is 1.02. The van der Waals surface area contributed by atoms with Crippen LogP contribution in [0.3, 0.4) is 0 Å². The van der Waals surface area contributed by atoms with E-state index in [1.165, 1.54) is 0 Å². The van der Waals surface area contributed by atoms with Gasteiger partial charge in [0.25, 0.3) is 6.43 Å². The summed E-state index contributed by atoms with van der Waals surface area (Å²) in [5.41, 5.74) is 5.25. The zero-order chi connectivity index (χ0) is 10.0. The van der Waals surface area contributed by atoms with Crippen LogP contribution in [0.25, 0.3) is 0 Å². The smallest absolute Gasteiger partial charge is 0.278 e. The summed E-state index contributed by atoms with van der Waals surface area (Å²) in [4.78, 5) is 13.5. The second kappa shape index (κ2) is 3.66. The number of hydrogen-bond donors (Lipinski definition) is 2. The predicted octanol–water partition coefficient (Wildman–Crippen LogP) is 1.08. The fourth-order valence-electron chi connectivity index (χ4n) is 1.02. The SMILES string of the molecule is Cc1c(CN)[nH]c(C(F)F)cc1=O. The number of aromatic amines is 1. The Hall–Kier alpha value is -1.23. The average Bonchev–Trinajstić information content (AvgIpc) is 2.09. The minimum Gasteiger partial charge on any atom is -0.356 e. The molecule has 3 N–H and O–H groups in total. The number of H-pyrrole nitrogens is 1. The molecule has 0 spiro atoms. The van der Waals surface area contributed by atoms with Gasteiger partial charge >= 0.3 is 0 Å². The van der Waals surface area contributed by atoms with Crippen LogP contribution in [0.4, 0.5) is 8.78 Å². The number of nitrogens with one attached hydrogen (secondary N) is 1. The number of alkyl halides is 2. The first kappa shape index (κ1) is 9.85. The van der Waals surface area contributed by atoms with Gasteiger partial charge in [0.1, 0.15) is 0 Å². The molecule has 0 aromatic carbocycles. The van der Waals surface area contributed by atoms with E-state index < -0.39 is 11.9 Å². The average molecular weight is 188 g/mol. The Balaban J connectivity index is 3.31. The summed E-state index contributed by atoms with van der Waals surface area (Å²) >= 11 is 0. The molecule has 0 aliphatic carbocycles. The molecule has 13 heavy (non-hydrogen) atoms. The summed E-state index contributed by atoms with van der Waals surface area (Å²) in [6, 6.07) is 0.902. The highest BCUT2D eigenvalue weighted by atomic mass is 19.3. The van der Waals surface area contributed by atoms with Gasteiger partial charge < -0.3 is 10.7 Å². The summed E-state index contributed by atoms with van der Waals surface area (Å²) in [5.74, 6) is 0. The lowest BCUT2D eigenvalue weighted by Crippen LogP contribution is -2.15. The molecule has 1 aromatic rings. The zero-order valence-electron chi connectivity index (χ0n) is 7.10. The minimum absolute atomic E-state index is 0.0572. The van der Waals surface area contributed by atoms with Crippen molar-refractivity contribution >= 4 is 0 Å². The summed E-state index contributed by atoms with van der Waals surface area (Å²) in [5, 5.41) is 0. The van der Waals surface area contributed by atoms with E-state index in [1.807, 2.05) is 0 Å².